The van der Waals surface area contributed by atoms with Gasteiger partial charge in [0.2, 0.25) is 0 Å². The van der Waals surface area contributed by atoms with Gasteiger partial charge in [-0.05, 0) is 43.4 Å². The Morgan fingerprint density at radius 3 is 2.50 bits per heavy atom. The van der Waals surface area contributed by atoms with Gasteiger partial charge in [-0.2, -0.15) is 0 Å². The molecule has 1 heterocycles. The molecule has 3 atom stereocenters. The lowest BCUT2D eigenvalue weighted by Crippen LogP contribution is -2.39. The number of benzene rings is 1. The second-order valence-electron chi connectivity index (χ2n) is 5.75. The summed E-state index contributed by atoms with van der Waals surface area (Å²) in [5.74, 6) is 0.821. The van der Waals surface area contributed by atoms with Gasteiger partial charge in [-0.1, -0.05) is 38.1 Å². The third-order valence-corrected chi connectivity index (χ3v) is 4.32. The van der Waals surface area contributed by atoms with Gasteiger partial charge in [0.25, 0.3) is 0 Å². The van der Waals surface area contributed by atoms with E-state index in [1.165, 1.54) is 30.6 Å². The van der Waals surface area contributed by atoms with Crippen molar-refractivity contribution in [3.05, 3.63) is 35.4 Å². The fourth-order valence-electron chi connectivity index (χ4n) is 2.82. The van der Waals surface area contributed by atoms with Crippen LogP contribution in [0.2, 0.25) is 0 Å². The zero-order chi connectivity index (χ0) is 13.1. The van der Waals surface area contributed by atoms with Crippen LogP contribution in [0.4, 0.5) is 0 Å². The first kappa shape index (κ1) is 13.6. The maximum absolute atomic E-state index is 6.41. The Bertz CT molecular complexity index is 371. The maximum atomic E-state index is 6.41. The number of likely N-dealkylation sites (tertiary alicyclic amines) is 1. The summed E-state index contributed by atoms with van der Waals surface area (Å²) < 4.78 is 0. The summed E-state index contributed by atoms with van der Waals surface area (Å²) in [4.78, 5) is 2.53. The predicted octanol–water partition coefficient (Wildman–Crippen LogP) is 2.98. The van der Waals surface area contributed by atoms with E-state index in [4.69, 9.17) is 5.73 Å². The molecule has 0 aromatic heterocycles. The van der Waals surface area contributed by atoms with Crippen molar-refractivity contribution in [2.45, 2.75) is 45.7 Å². The van der Waals surface area contributed by atoms with Crippen molar-refractivity contribution in [2.75, 3.05) is 13.1 Å². The first-order valence-electron chi connectivity index (χ1n) is 7.20. The Morgan fingerprint density at radius 1 is 1.33 bits per heavy atom. The number of nitrogens with two attached hydrogens (primary N) is 1. The average molecular weight is 246 g/mol. The summed E-state index contributed by atoms with van der Waals surface area (Å²) in [6.07, 6.45) is 2.40. The molecule has 2 N–H and O–H groups in total. The molecule has 3 unspecified atom stereocenters. The topological polar surface area (TPSA) is 29.3 Å². The minimum absolute atomic E-state index is 0.126. The molecule has 0 aliphatic carbocycles. The molecule has 1 saturated heterocycles. The third-order valence-electron chi connectivity index (χ3n) is 4.32. The number of nitrogens with zero attached hydrogens (tertiary/aromatic N) is 1. The van der Waals surface area contributed by atoms with Crippen LogP contribution in [0.3, 0.4) is 0 Å². The van der Waals surface area contributed by atoms with E-state index in [0.29, 0.717) is 6.04 Å². The molecular weight excluding hydrogens is 220 g/mol. The standard InChI is InChI=1S/C16H26N2/c1-4-14-5-7-15(8-6-14)16(17)13(3)18-10-9-12(2)11-18/h5-8,12-13,16H,4,9-11,17H2,1-3H3. The van der Waals surface area contributed by atoms with Crippen LogP contribution in [0, 0.1) is 5.92 Å². The van der Waals surface area contributed by atoms with Crippen LogP contribution in [-0.2, 0) is 6.42 Å². The number of hydrogen-bond donors (Lipinski definition) is 1. The van der Waals surface area contributed by atoms with Crippen LogP contribution >= 0.6 is 0 Å². The van der Waals surface area contributed by atoms with Gasteiger partial charge in [-0.25, -0.2) is 0 Å². The SMILES string of the molecule is CCc1ccc(C(N)C(C)N2CCC(C)C2)cc1. The number of rotatable bonds is 4. The van der Waals surface area contributed by atoms with E-state index in [1.807, 2.05) is 0 Å². The molecule has 100 valence electrons. The van der Waals surface area contributed by atoms with Crippen molar-refractivity contribution in [3.8, 4) is 0 Å². The third kappa shape index (κ3) is 2.93. The van der Waals surface area contributed by atoms with Crippen LogP contribution in [0.5, 0.6) is 0 Å². The molecule has 2 nitrogen and oxygen atoms in total. The molecule has 1 aliphatic heterocycles. The highest BCUT2D eigenvalue weighted by molar-refractivity contribution is 5.25. The van der Waals surface area contributed by atoms with Gasteiger partial charge in [-0.15, -0.1) is 0 Å². The molecule has 1 aromatic carbocycles. The fourth-order valence-corrected chi connectivity index (χ4v) is 2.82. The molecule has 0 spiro atoms. The Labute approximate surface area is 111 Å². The van der Waals surface area contributed by atoms with E-state index in [2.05, 4.69) is 49.9 Å². The zero-order valence-electron chi connectivity index (χ0n) is 11.9. The van der Waals surface area contributed by atoms with E-state index < -0.39 is 0 Å². The van der Waals surface area contributed by atoms with Crippen LogP contribution < -0.4 is 5.73 Å². The van der Waals surface area contributed by atoms with Crippen molar-refractivity contribution in [1.29, 1.82) is 0 Å². The zero-order valence-corrected chi connectivity index (χ0v) is 11.9. The van der Waals surface area contributed by atoms with E-state index in [1.54, 1.807) is 0 Å². The van der Waals surface area contributed by atoms with Gasteiger partial charge < -0.3 is 5.73 Å². The Hall–Kier alpha value is -0.860. The van der Waals surface area contributed by atoms with Crippen LogP contribution in [0.1, 0.15) is 44.4 Å². The van der Waals surface area contributed by atoms with Crippen LogP contribution in [0.15, 0.2) is 24.3 Å². The highest BCUT2D eigenvalue weighted by atomic mass is 15.2. The predicted molar refractivity (Wildman–Crippen MR) is 77.6 cm³/mol. The minimum Gasteiger partial charge on any atom is -0.323 e. The molecule has 2 heteroatoms. The lowest BCUT2D eigenvalue weighted by Gasteiger charge is -2.29. The molecule has 1 aliphatic rings. The molecule has 1 fully saturated rings. The summed E-state index contributed by atoms with van der Waals surface area (Å²) in [6, 6.07) is 9.35. The van der Waals surface area contributed by atoms with Gasteiger partial charge in [0.15, 0.2) is 0 Å². The van der Waals surface area contributed by atoms with E-state index in [0.717, 1.165) is 12.3 Å². The Kier molecular flexibility index (Phi) is 4.41. The summed E-state index contributed by atoms with van der Waals surface area (Å²) in [5, 5.41) is 0. The number of hydrogen-bond acceptors (Lipinski definition) is 2. The quantitative estimate of drug-likeness (QED) is 0.885. The highest BCUT2D eigenvalue weighted by Gasteiger charge is 2.27. The van der Waals surface area contributed by atoms with Crippen molar-refractivity contribution in [1.82, 2.24) is 4.90 Å². The van der Waals surface area contributed by atoms with Gasteiger partial charge in [0, 0.05) is 18.6 Å². The van der Waals surface area contributed by atoms with Crippen molar-refractivity contribution >= 4 is 0 Å². The Balaban J connectivity index is 2.02. The first-order valence-corrected chi connectivity index (χ1v) is 7.20. The average Bonchev–Trinajstić information content (AvgIpc) is 2.84. The normalized spacial score (nSPS) is 24.1. The van der Waals surface area contributed by atoms with E-state index in [9.17, 15) is 0 Å². The second-order valence-corrected chi connectivity index (χ2v) is 5.75. The summed E-state index contributed by atoms with van der Waals surface area (Å²) in [7, 11) is 0. The summed E-state index contributed by atoms with van der Waals surface area (Å²) in [6.45, 7) is 9.17. The molecule has 1 aromatic rings. The monoisotopic (exact) mass is 246 g/mol. The Morgan fingerprint density at radius 2 is 2.00 bits per heavy atom. The van der Waals surface area contributed by atoms with Gasteiger partial charge >= 0.3 is 0 Å². The molecule has 0 bridgehead atoms. The van der Waals surface area contributed by atoms with E-state index >= 15 is 0 Å². The smallest absolute Gasteiger partial charge is 0.0450 e. The lowest BCUT2D eigenvalue weighted by molar-refractivity contribution is 0.221. The van der Waals surface area contributed by atoms with Gasteiger partial charge in [-0.3, -0.25) is 4.90 Å². The molecular formula is C16H26N2. The molecule has 2 rings (SSSR count). The number of aryl methyl sites for hydroxylation is 1. The highest BCUT2D eigenvalue weighted by Crippen LogP contribution is 2.24. The van der Waals surface area contributed by atoms with Gasteiger partial charge in [0.05, 0.1) is 0 Å². The summed E-state index contributed by atoms with van der Waals surface area (Å²) in [5.41, 5.74) is 9.06. The molecule has 18 heavy (non-hydrogen) atoms. The maximum Gasteiger partial charge on any atom is 0.0450 e. The fraction of sp³-hybridized carbons (Fsp3) is 0.625. The van der Waals surface area contributed by atoms with Crippen molar-refractivity contribution < 1.29 is 0 Å². The van der Waals surface area contributed by atoms with Gasteiger partial charge in [0.1, 0.15) is 0 Å². The largest absolute Gasteiger partial charge is 0.323 e. The van der Waals surface area contributed by atoms with Crippen molar-refractivity contribution in [2.24, 2.45) is 11.7 Å². The second kappa shape index (κ2) is 5.85. The van der Waals surface area contributed by atoms with Crippen molar-refractivity contribution in [3.63, 3.8) is 0 Å². The van der Waals surface area contributed by atoms with Crippen LogP contribution in [0.25, 0.3) is 0 Å². The lowest BCUT2D eigenvalue weighted by atomic mass is 9.98. The molecule has 0 amide bonds. The van der Waals surface area contributed by atoms with Crippen LogP contribution in [-0.4, -0.2) is 24.0 Å². The van der Waals surface area contributed by atoms with E-state index in [-0.39, 0.29) is 6.04 Å². The summed E-state index contributed by atoms with van der Waals surface area (Å²) >= 11 is 0. The minimum atomic E-state index is 0.126. The molecule has 0 saturated carbocycles. The first-order chi connectivity index (χ1) is 8.61. The molecule has 0 radical (unpaired) electrons.